The number of hydrogen-bond acceptors (Lipinski definition) is 2. The standard InChI is InChI=1S/C8H14O3/c1-5(2)8(11-3)4-6(8)7(9)10/h5-6H,4H2,1-3H3,(H,9,10). The van der Waals surface area contributed by atoms with Crippen molar-refractivity contribution in [1.29, 1.82) is 0 Å². The average Bonchev–Trinajstić information content (AvgIpc) is 2.62. The van der Waals surface area contributed by atoms with Crippen LogP contribution < -0.4 is 0 Å². The molecule has 64 valence electrons. The molecule has 1 fully saturated rings. The van der Waals surface area contributed by atoms with Gasteiger partial charge in [-0.1, -0.05) is 13.8 Å². The molecule has 1 aliphatic carbocycles. The number of rotatable bonds is 3. The van der Waals surface area contributed by atoms with Crippen LogP contribution >= 0.6 is 0 Å². The molecule has 2 unspecified atom stereocenters. The predicted octanol–water partition coefficient (Wildman–Crippen LogP) is 1.13. The van der Waals surface area contributed by atoms with Gasteiger partial charge in [-0.25, -0.2) is 0 Å². The lowest BCUT2D eigenvalue weighted by Gasteiger charge is -2.18. The van der Waals surface area contributed by atoms with Gasteiger partial charge in [0.1, 0.15) is 0 Å². The minimum absolute atomic E-state index is 0.285. The quantitative estimate of drug-likeness (QED) is 0.669. The zero-order valence-electron chi connectivity index (χ0n) is 7.13. The molecule has 0 aromatic heterocycles. The van der Waals surface area contributed by atoms with Crippen LogP contribution in [0.5, 0.6) is 0 Å². The number of aliphatic carboxylic acids is 1. The normalized spacial score (nSPS) is 35.8. The number of methoxy groups -OCH3 is 1. The molecule has 1 saturated carbocycles. The molecule has 11 heavy (non-hydrogen) atoms. The Bertz CT molecular complexity index is 176. The van der Waals surface area contributed by atoms with Gasteiger partial charge in [-0.2, -0.15) is 0 Å². The van der Waals surface area contributed by atoms with E-state index >= 15 is 0 Å². The van der Waals surface area contributed by atoms with Crippen LogP contribution in [0.25, 0.3) is 0 Å². The highest BCUT2D eigenvalue weighted by Gasteiger charge is 2.61. The van der Waals surface area contributed by atoms with Crippen LogP contribution in [0.1, 0.15) is 20.3 Å². The van der Waals surface area contributed by atoms with E-state index in [1.54, 1.807) is 7.11 Å². The van der Waals surface area contributed by atoms with Crippen LogP contribution in [0, 0.1) is 11.8 Å². The lowest BCUT2D eigenvalue weighted by molar-refractivity contribution is -0.141. The molecular formula is C8H14O3. The molecule has 0 bridgehead atoms. The maximum absolute atomic E-state index is 10.6. The lowest BCUT2D eigenvalue weighted by Crippen LogP contribution is -2.25. The second-order valence-electron chi connectivity index (χ2n) is 3.41. The fourth-order valence-corrected chi connectivity index (χ4v) is 1.66. The lowest BCUT2D eigenvalue weighted by atomic mass is 10.0. The molecule has 0 aromatic rings. The van der Waals surface area contributed by atoms with Gasteiger partial charge < -0.3 is 9.84 Å². The van der Waals surface area contributed by atoms with E-state index in [0.717, 1.165) is 0 Å². The molecule has 1 aliphatic rings. The maximum atomic E-state index is 10.6. The molecule has 2 atom stereocenters. The fraction of sp³-hybridized carbons (Fsp3) is 0.875. The van der Waals surface area contributed by atoms with E-state index in [1.165, 1.54) is 0 Å². The molecule has 0 aromatic carbocycles. The smallest absolute Gasteiger partial charge is 0.309 e. The van der Waals surface area contributed by atoms with E-state index in [4.69, 9.17) is 9.84 Å². The van der Waals surface area contributed by atoms with Crippen molar-refractivity contribution < 1.29 is 14.6 Å². The average molecular weight is 158 g/mol. The minimum atomic E-state index is -0.736. The van der Waals surface area contributed by atoms with Crippen molar-refractivity contribution in [3.63, 3.8) is 0 Å². The molecule has 0 radical (unpaired) electrons. The van der Waals surface area contributed by atoms with Crippen molar-refractivity contribution in [2.24, 2.45) is 11.8 Å². The van der Waals surface area contributed by atoms with Crippen LogP contribution in [-0.2, 0) is 9.53 Å². The zero-order chi connectivity index (χ0) is 8.65. The van der Waals surface area contributed by atoms with Crippen molar-refractivity contribution in [1.82, 2.24) is 0 Å². The van der Waals surface area contributed by atoms with Gasteiger partial charge in [0.25, 0.3) is 0 Å². The van der Waals surface area contributed by atoms with E-state index in [1.807, 2.05) is 13.8 Å². The molecule has 0 heterocycles. The predicted molar refractivity (Wildman–Crippen MR) is 40.3 cm³/mol. The second-order valence-corrected chi connectivity index (χ2v) is 3.41. The third-order valence-corrected chi connectivity index (χ3v) is 2.61. The third-order valence-electron chi connectivity index (χ3n) is 2.61. The van der Waals surface area contributed by atoms with Crippen molar-refractivity contribution >= 4 is 5.97 Å². The first kappa shape index (κ1) is 8.53. The van der Waals surface area contributed by atoms with Gasteiger partial charge in [-0.3, -0.25) is 4.79 Å². The van der Waals surface area contributed by atoms with E-state index < -0.39 is 5.97 Å². The third kappa shape index (κ3) is 1.13. The summed E-state index contributed by atoms with van der Waals surface area (Å²) in [4.78, 5) is 10.6. The largest absolute Gasteiger partial charge is 0.481 e. The van der Waals surface area contributed by atoms with Crippen molar-refractivity contribution in [3.8, 4) is 0 Å². The van der Waals surface area contributed by atoms with E-state index in [9.17, 15) is 4.79 Å². The second kappa shape index (κ2) is 2.48. The summed E-state index contributed by atoms with van der Waals surface area (Å²) in [7, 11) is 1.59. The zero-order valence-corrected chi connectivity index (χ0v) is 7.13. The summed E-state index contributed by atoms with van der Waals surface area (Å²) < 4.78 is 5.20. The van der Waals surface area contributed by atoms with Gasteiger partial charge >= 0.3 is 5.97 Å². The summed E-state index contributed by atoms with van der Waals surface area (Å²) in [5.74, 6) is -0.735. The van der Waals surface area contributed by atoms with Crippen LogP contribution in [-0.4, -0.2) is 23.8 Å². The molecule has 0 aliphatic heterocycles. The molecule has 3 nitrogen and oxygen atoms in total. The molecular weight excluding hydrogens is 144 g/mol. The Morgan fingerprint density at radius 1 is 1.73 bits per heavy atom. The fourth-order valence-electron chi connectivity index (χ4n) is 1.66. The summed E-state index contributed by atoms with van der Waals surface area (Å²) in [5.41, 5.74) is -0.369. The summed E-state index contributed by atoms with van der Waals surface area (Å²) >= 11 is 0. The number of carboxylic acid groups (broad SMARTS) is 1. The summed E-state index contributed by atoms with van der Waals surface area (Å²) in [6, 6.07) is 0. The number of hydrogen-bond donors (Lipinski definition) is 1. The Hall–Kier alpha value is -0.570. The number of ether oxygens (including phenoxy) is 1. The highest BCUT2D eigenvalue weighted by atomic mass is 16.5. The van der Waals surface area contributed by atoms with Crippen molar-refractivity contribution in [3.05, 3.63) is 0 Å². The first-order chi connectivity index (χ1) is 5.04. The molecule has 1 rings (SSSR count). The van der Waals surface area contributed by atoms with Gasteiger partial charge in [0.15, 0.2) is 0 Å². The van der Waals surface area contributed by atoms with Gasteiger partial charge in [0.2, 0.25) is 0 Å². The first-order valence-corrected chi connectivity index (χ1v) is 3.82. The van der Waals surface area contributed by atoms with Gasteiger partial charge in [-0.05, 0) is 12.3 Å². The molecule has 0 amide bonds. The van der Waals surface area contributed by atoms with Crippen molar-refractivity contribution in [2.75, 3.05) is 7.11 Å². The Morgan fingerprint density at radius 3 is 2.36 bits per heavy atom. The molecule has 0 spiro atoms. The SMILES string of the molecule is COC1(C(C)C)CC1C(=O)O. The monoisotopic (exact) mass is 158 g/mol. The van der Waals surface area contributed by atoms with E-state index in [2.05, 4.69) is 0 Å². The maximum Gasteiger partial charge on any atom is 0.309 e. The Balaban J connectivity index is 2.64. The van der Waals surface area contributed by atoms with E-state index in [-0.39, 0.29) is 17.4 Å². The summed E-state index contributed by atoms with van der Waals surface area (Å²) in [6.07, 6.45) is 0.663. The Kier molecular flexibility index (Phi) is 1.92. The van der Waals surface area contributed by atoms with Crippen molar-refractivity contribution in [2.45, 2.75) is 25.9 Å². The van der Waals surface area contributed by atoms with Crippen LogP contribution in [0.2, 0.25) is 0 Å². The molecule has 3 heteroatoms. The van der Waals surface area contributed by atoms with Crippen LogP contribution in [0.3, 0.4) is 0 Å². The minimum Gasteiger partial charge on any atom is -0.481 e. The molecule has 0 saturated heterocycles. The highest BCUT2D eigenvalue weighted by Crippen LogP contribution is 2.51. The van der Waals surface area contributed by atoms with Gasteiger partial charge in [0, 0.05) is 7.11 Å². The Morgan fingerprint density at radius 2 is 2.27 bits per heavy atom. The summed E-state index contributed by atoms with van der Waals surface area (Å²) in [6.45, 7) is 3.98. The number of carboxylic acids is 1. The van der Waals surface area contributed by atoms with Crippen LogP contribution in [0.15, 0.2) is 0 Å². The molecule has 1 N–H and O–H groups in total. The van der Waals surface area contributed by atoms with Gasteiger partial charge in [0.05, 0.1) is 11.5 Å². The Labute approximate surface area is 66.4 Å². The first-order valence-electron chi connectivity index (χ1n) is 3.82. The van der Waals surface area contributed by atoms with Gasteiger partial charge in [-0.15, -0.1) is 0 Å². The summed E-state index contributed by atoms with van der Waals surface area (Å²) in [5, 5.41) is 8.69. The van der Waals surface area contributed by atoms with E-state index in [0.29, 0.717) is 6.42 Å². The number of carbonyl (C=O) groups is 1. The van der Waals surface area contributed by atoms with Crippen LogP contribution in [0.4, 0.5) is 0 Å². The highest BCUT2D eigenvalue weighted by molar-refractivity contribution is 5.75. The topological polar surface area (TPSA) is 46.5 Å².